The van der Waals surface area contributed by atoms with Crippen molar-refractivity contribution in [3.05, 3.63) is 63.7 Å². The molecule has 0 bridgehead atoms. The van der Waals surface area contributed by atoms with Gasteiger partial charge in [-0.05, 0) is 45.4 Å². The SMILES string of the molecule is CCNc1cc2c(cc1[N+](=O)[O-])OC(C)(C)[C@H](O)[C@H]2NCCc1ccccc1. The summed E-state index contributed by atoms with van der Waals surface area (Å²) in [6.07, 6.45) is 0.0139. The van der Waals surface area contributed by atoms with E-state index >= 15 is 0 Å². The van der Waals surface area contributed by atoms with E-state index in [1.165, 1.54) is 11.6 Å². The fourth-order valence-corrected chi connectivity index (χ4v) is 3.55. The molecule has 28 heavy (non-hydrogen) atoms. The largest absolute Gasteiger partial charge is 0.484 e. The highest BCUT2D eigenvalue weighted by atomic mass is 16.6. The van der Waals surface area contributed by atoms with Crippen LogP contribution >= 0.6 is 0 Å². The van der Waals surface area contributed by atoms with Crippen LogP contribution < -0.4 is 15.4 Å². The number of fused-ring (bicyclic) bond motifs is 1. The second-order valence-corrected chi connectivity index (χ2v) is 7.51. The van der Waals surface area contributed by atoms with Crippen molar-refractivity contribution in [1.82, 2.24) is 5.32 Å². The second kappa shape index (κ2) is 8.16. The highest BCUT2D eigenvalue weighted by Crippen LogP contribution is 2.44. The first-order chi connectivity index (χ1) is 13.3. The van der Waals surface area contributed by atoms with Crippen molar-refractivity contribution in [3.8, 4) is 5.75 Å². The maximum Gasteiger partial charge on any atom is 0.296 e. The summed E-state index contributed by atoms with van der Waals surface area (Å²) in [5.41, 5.74) is 1.45. The van der Waals surface area contributed by atoms with Crippen LogP contribution in [-0.4, -0.2) is 34.8 Å². The van der Waals surface area contributed by atoms with Gasteiger partial charge in [-0.15, -0.1) is 0 Å². The summed E-state index contributed by atoms with van der Waals surface area (Å²) < 4.78 is 5.93. The highest BCUT2D eigenvalue weighted by molar-refractivity contribution is 5.67. The smallest absolute Gasteiger partial charge is 0.296 e. The van der Waals surface area contributed by atoms with Crippen LogP contribution in [0.2, 0.25) is 0 Å². The van der Waals surface area contributed by atoms with Crippen LogP contribution in [0.4, 0.5) is 11.4 Å². The minimum absolute atomic E-state index is 0.0316. The molecule has 0 saturated carbocycles. The zero-order chi connectivity index (χ0) is 20.3. The van der Waals surface area contributed by atoms with Gasteiger partial charge in [-0.1, -0.05) is 30.3 Å². The molecule has 0 amide bonds. The molecule has 0 fully saturated rings. The van der Waals surface area contributed by atoms with E-state index in [9.17, 15) is 15.2 Å². The van der Waals surface area contributed by atoms with Crippen molar-refractivity contribution >= 4 is 11.4 Å². The molecule has 0 spiro atoms. The molecular weight excluding hydrogens is 358 g/mol. The zero-order valence-corrected chi connectivity index (χ0v) is 16.4. The van der Waals surface area contributed by atoms with E-state index in [2.05, 4.69) is 22.8 Å². The minimum Gasteiger partial charge on any atom is -0.484 e. The fraction of sp³-hybridized carbons (Fsp3) is 0.429. The topological polar surface area (TPSA) is 96.7 Å². The lowest BCUT2D eigenvalue weighted by molar-refractivity contribution is -0.384. The molecule has 0 aromatic heterocycles. The summed E-state index contributed by atoms with van der Waals surface area (Å²) in [6, 6.07) is 12.9. The van der Waals surface area contributed by atoms with E-state index in [-0.39, 0.29) is 11.7 Å². The normalized spacial score (nSPS) is 20.1. The number of ether oxygens (including phenoxy) is 1. The van der Waals surface area contributed by atoms with Crippen LogP contribution in [-0.2, 0) is 6.42 Å². The van der Waals surface area contributed by atoms with E-state index in [0.717, 1.165) is 12.0 Å². The third-order valence-corrected chi connectivity index (χ3v) is 5.05. The molecule has 2 aromatic carbocycles. The molecule has 0 saturated heterocycles. The molecule has 2 aromatic rings. The molecule has 0 aliphatic carbocycles. The molecule has 0 radical (unpaired) electrons. The number of nitrogens with one attached hydrogen (secondary N) is 2. The second-order valence-electron chi connectivity index (χ2n) is 7.51. The molecule has 2 atom stereocenters. The summed E-state index contributed by atoms with van der Waals surface area (Å²) in [7, 11) is 0. The Labute approximate surface area is 164 Å². The lowest BCUT2D eigenvalue weighted by Gasteiger charge is -2.42. The van der Waals surface area contributed by atoms with E-state index in [0.29, 0.717) is 24.5 Å². The summed E-state index contributed by atoms with van der Waals surface area (Å²) in [5.74, 6) is 0.431. The highest BCUT2D eigenvalue weighted by Gasteiger charge is 2.43. The molecule has 3 N–H and O–H groups in total. The predicted octanol–water partition coefficient (Wildman–Crippen LogP) is 3.43. The number of aliphatic hydroxyl groups excluding tert-OH is 1. The number of aliphatic hydroxyl groups is 1. The van der Waals surface area contributed by atoms with Gasteiger partial charge < -0.3 is 20.5 Å². The van der Waals surface area contributed by atoms with Gasteiger partial charge in [0, 0.05) is 12.1 Å². The van der Waals surface area contributed by atoms with Crippen LogP contribution in [0.25, 0.3) is 0 Å². The minimum atomic E-state index is -0.870. The van der Waals surface area contributed by atoms with Crippen molar-refractivity contribution in [1.29, 1.82) is 0 Å². The molecule has 1 aliphatic heterocycles. The van der Waals surface area contributed by atoms with Crippen molar-refractivity contribution in [2.24, 2.45) is 0 Å². The number of hydrogen-bond acceptors (Lipinski definition) is 6. The zero-order valence-electron chi connectivity index (χ0n) is 16.4. The average molecular weight is 385 g/mol. The number of nitrogens with zero attached hydrogens (tertiary/aromatic N) is 1. The third-order valence-electron chi connectivity index (χ3n) is 5.05. The fourth-order valence-electron chi connectivity index (χ4n) is 3.55. The van der Waals surface area contributed by atoms with Crippen LogP contribution in [0.5, 0.6) is 5.75 Å². The molecule has 150 valence electrons. The third kappa shape index (κ3) is 4.10. The standard InChI is InChI=1S/C21H27N3O4/c1-4-22-16-12-15-18(13-17(16)24(26)27)28-21(2,3)20(25)19(15)23-11-10-14-8-6-5-7-9-14/h5-9,12-13,19-20,22-23,25H,4,10-11H2,1-3H3/t19-,20+/m0/s1. The first-order valence-corrected chi connectivity index (χ1v) is 9.54. The maximum absolute atomic E-state index is 11.5. The summed E-state index contributed by atoms with van der Waals surface area (Å²) in [4.78, 5) is 11.0. The quantitative estimate of drug-likeness (QED) is 0.499. The summed E-state index contributed by atoms with van der Waals surface area (Å²) in [5, 5.41) is 28.8. The van der Waals surface area contributed by atoms with Crippen molar-refractivity contribution in [2.45, 2.75) is 44.9 Å². The Balaban J connectivity index is 1.91. The first kappa shape index (κ1) is 20.1. The Bertz CT molecular complexity index is 839. The van der Waals surface area contributed by atoms with Gasteiger partial charge in [-0.25, -0.2) is 0 Å². The molecule has 1 aliphatic rings. The van der Waals surface area contributed by atoms with Gasteiger partial charge in [0.1, 0.15) is 23.1 Å². The number of rotatable bonds is 7. The summed E-state index contributed by atoms with van der Waals surface area (Å²) >= 11 is 0. The van der Waals surface area contributed by atoms with Gasteiger partial charge >= 0.3 is 0 Å². The lowest BCUT2D eigenvalue weighted by atomic mass is 9.86. The van der Waals surface area contributed by atoms with Crippen molar-refractivity contribution in [2.75, 3.05) is 18.4 Å². The van der Waals surface area contributed by atoms with Crippen LogP contribution in [0.3, 0.4) is 0 Å². The van der Waals surface area contributed by atoms with Crippen molar-refractivity contribution < 1.29 is 14.8 Å². The molecule has 1 heterocycles. The van der Waals surface area contributed by atoms with E-state index in [1.54, 1.807) is 19.9 Å². The number of anilines is 1. The van der Waals surface area contributed by atoms with E-state index < -0.39 is 16.6 Å². The monoisotopic (exact) mass is 385 g/mol. The first-order valence-electron chi connectivity index (χ1n) is 9.54. The Morgan fingerprint density at radius 2 is 1.96 bits per heavy atom. The Kier molecular flexibility index (Phi) is 5.86. The molecule has 3 rings (SSSR count). The summed E-state index contributed by atoms with van der Waals surface area (Å²) in [6.45, 7) is 6.68. The Hall–Kier alpha value is -2.64. The van der Waals surface area contributed by atoms with Crippen LogP contribution in [0.15, 0.2) is 42.5 Å². The Morgan fingerprint density at radius 3 is 2.61 bits per heavy atom. The number of nitro benzene ring substituents is 1. The maximum atomic E-state index is 11.5. The van der Waals surface area contributed by atoms with Gasteiger partial charge in [0.25, 0.3) is 5.69 Å². The van der Waals surface area contributed by atoms with E-state index in [1.807, 2.05) is 25.1 Å². The number of hydrogen-bond donors (Lipinski definition) is 3. The van der Waals surface area contributed by atoms with Crippen LogP contribution in [0, 0.1) is 10.1 Å². The van der Waals surface area contributed by atoms with Gasteiger partial charge in [0.05, 0.1) is 17.0 Å². The van der Waals surface area contributed by atoms with E-state index in [4.69, 9.17) is 4.74 Å². The molecule has 0 unspecified atom stereocenters. The number of benzene rings is 2. The molecule has 7 nitrogen and oxygen atoms in total. The van der Waals surface area contributed by atoms with Gasteiger partial charge in [0.15, 0.2) is 0 Å². The average Bonchev–Trinajstić information content (AvgIpc) is 2.65. The van der Waals surface area contributed by atoms with Crippen LogP contribution in [0.1, 0.15) is 37.9 Å². The van der Waals surface area contributed by atoms with Gasteiger partial charge in [0.2, 0.25) is 0 Å². The van der Waals surface area contributed by atoms with Crippen molar-refractivity contribution in [3.63, 3.8) is 0 Å². The molecular formula is C21H27N3O4. The predicted molar refractivity (Wildman–Crippen MR) is 109 cm³/mol. The lowest BCUT2D eigenvalue weighted by Crippen LogP contribution is -2.52. The Morgan fingerprint density at radius 1 is 1.25 bits per heavy atom. The van der Waals surface area contributed by atoms with Gasteiger partial charge in [-0.3, -0.25) is 10.1 Å². The molecule has 7 heteroatoms. The number of nitro groups is 1. The van der Waals surface area contributed by atoms with Gasteiger partial charge in [-0.2, -0.15) is 0 Å².